The van der Waals surface area contributed by atoms with Gasteiger partial charge >= 0.3 is 0 Å². The van der Waals surface area contributed by atoms with Crippen LogP contribution in [0.3, 0.4) is 0 Å². The van der Waals surface area contributed by atoms with Gasteiger partial charge in [-0.25, -0.2) is 0 Å². The van der Waals surface area contributed by atoms with Crippen molar-refractivity contribution in [1.29, 1.82) is 0 Å². The zero-order valence-corrected chi connectivity index (χ0v) is 19.6. The Morgan fingerprint density at radius 3 is 2.47 bits per heavy atom. The molecule has 6 heteroatoms. The number of amides is 1. The molecule has 2 aromatic carbocycles. The Balaban J connectivity index is 1.44. The summed E-state index contributed by atoms with van der Waals surface area (Å²) in [6.45, 7) is 8.76. The minimum Gasteiger partial charge on any atom is -0.325 e. The van der Waals surface area contributed by atoms with Gasteiger partial charge in [0, 0.05) is 18.2 Å². The van der Waals surface area contributed by atoms with Crippen molar-refractivity contribution in [1.82, 2.24) is 14.8 Å². The van der Waals surface area contributed by atoms with Gasteiger partial charge in [0.15, 0.2) is 5.16 Å². The molecular weight excluding hydrogens is 416 g/mol. The van der Waals surface area contributed by atoms with Crippen molar-refractivity contribution in [3.8, 4) is 0 Å². The van der Waals surface area contributed by atoms with Gasteiger partial charge in [0.2, 0.25) is 5.91 Å². The maximum atomic E-state index is 12.8. The van der Waals surface area contributed by atoms with Crippen LogP contribution in [0.1, 0.15) is 54.6 Å². The Labute approximate surface area is 194 Å². The number of anilines is 1. The third-order valence-corrected chi connectivity index (χ3v) is 6.97. The predicted octanol–water partition coefficient (Wildman–Crippen LogP) is 5.59. The highest BCUT2D eigenvalue weighted by Crippen LogP contribution is 2.54. The standard InChI is InChI=1S/C26H30N4OS/c1-4-15-30-25(22-16-21(22)20-11-8-7-9-12-20)28-29-26(30)32-17-23(31)27-24-18(5-2)13-10-14-19(24)6-3/h4,7-14,21-22H,1,5-6,15-17H2,2-3H3,(H,27,31). The van der Waals surface area contributed by atoms with Crippen LogP contribution < -0.4 is 5.32 Å². The number of thioether (sulfide) groups is 1. The van der Waals surface area contributed by atoms with Crippen LogP contribution in [0.2, 0.25) is 0 Å². The normalized spacial score (nSPS) is 17.2. The van der Waals surface area contributed by atoms with Gasteiger partial charge in [0.1, 0.15) is 5.82 Å². The molecule has 166 valence electrons. The molecule has 1 heterocycles. The average molecular weight is 447 g/mol. The highest BCUT2D eigenvalue weighted by molar-refractivity contribution is 7.99. The third kappa shape index (κ3) is 4.80. The van der Waals surface area contributed by atoms with Gasteiger partial charge in [0.05, 0.1) is 5.75 Å². The van der Waals surface area contributed by atoms with E-state index in [0.717, 1.165) is 35.9 Å². The molecule has 5 nitrogen and oxygen atoms in total. The number of benzene rings is 2. The maximum absolute atomic E-state index is 12.8. The number of aryl methyl sites for hydroxylation is 2. The van der Waals surface area contributed by atoms with E-state index in [1.165, 1.54) is 28.5 Å². The fraction of sp³-hybridized carbons (Fsp3) is 0.346. The van der Waals surface area contributed by atoms with E-state index >= 15 is 0 Å². The number of nitrogens with zero attached hydrogens (tertiary/aromatic N) is 3. The number of hydrogen-bond acceptors (Lipinski definition) is 4. The molecule has 1 aliphatic rings. The minimum atomic E-state index is -0.0195. The molecular formula is C26H30N4OS. The molecule has 1 saturated carbocycles. The van der Waals surface area contributed by atoms with Crippen LogP contribution in [0.4, 0.5) is 5.69 Å². The van der Waals surface area contributed by atoms with E-state index < -0.39 is 0 Å². The summed E-state index contributed by atoms with van der Waals surface area (Å²) in [5, 5.41) is 12.8. The molecule has 0 saturated heterocycles. The Morgan fingerprint density at radius 2 is 1.81 bits per heavy atom. The van der Waals surface area contributed by atoms with Crippen molar-refractivity contribution in [2.75, 3.05) is 11.1 Å². The molecule has 1 aliphatic carbocycles. The van der Waals surface area contributed by atoms with Crippen LogP contribution in [0.15, 0.2) is 66.3 Å². The van der Waals surface area contributed by atoms with Gasteiger partial charge in [-0.3, -0.25) is 4.79 Å². The summed E-state index contributed by atoms with van der Waals surface area (Å²) >= 11 is 1.43. The first kappa shape index (κ1) is 22.3. The quantitative estimate of drug-likeness (QED) is 0.326. The second-order valence-electron chi connectivity index (χ2n) is 8.09. The summed E-state index contributed by atoms with van der Waals surface area (Å²) in [5.41, 5.74) is 4.64. The lowest BCUT2D eigenvalue weighted by Crippen LogP contribution is -2.17. The summed E-state index contributed by atoms with van der Waals surface area (Å²) in [7, 11) is 0. The van der Waals surface area contributed by atoms with Gasteiger partial charge in [-0.05, 0) is 41.9 Å². The Hall–Kier alpha value is -2.86. The Kier molecular flexibility index (Phi) is 7.10. The Bertz CT molecular complexity index is 1070. The van der Waals surface area contributed by atoms with Crippen molar-refractivity contribution in [2.24, 2.45) is 0 Å². The van der Waals surface area contributed by atoms with Crippen LogP contribution in [-0.2, 0) is 24.2 Å². The number of nitrogens with one attached hydrogen (secondary N) is 1. The molecule has 0 spiro atoms. The zero-order chi connectivity index (χ0) is 22.5. The first-order valence-corrected chi connectivity index (χ1v) is 12.3. The molecule has 2 atom stereocenters. The van der Waals surface area contributed by atoms with Crippen LogP contribution in [0.5, 0.6) is 0 Å². The number of carbonyl (C=O) groups excluding carboxylic acids is 1. The smallest absolute Gasteiger partial charge is 0.234 e. The van der Waals surface area contributed by atoms with E-state index in [0.29, 0.717) is 24.1 Å². The summed E-state index contributed by atoms with van der Waals surface area (Å²) in [5.74, 6) is 2.13. The molecule has 1 N–H and O–H groups in total. The lowest BCUT2D eigenvalue weighted by Gasteiger charge is -2.14. The first-order chi connectivity index (χ1) is 15.7. The maximum Gasteiger partial charge on any atom is 0.234 e. The van der Waals surface area contributed by atoms with Crippen molar-refractivity contribution in [3.63, 3.8) is 0 Å². The van der Waals surface area contributed by atoms with Crippen molar-refractivity contribution in [2.45, 2.75) is 56.6 Å². The predicted molar refractivity (Wildman–Crippen MR) is 131 cm³/mol. The number of aromatic nitrogens is 3. The molecule has 32 heavy (non-hydrogen) atoms. The van der Waals surface area contributed by atoms with Gasteiger partial charge in [-0.15, -0.1) is 16.8 Å². The van der Waals surface area contributed by atoms with Crippen LogP contribution in [0, 0.1) is 0 Å². The van der Waals surface area contributed by atoms with Crippen molar-refractivity contribution < 1.29 is 4.79 Å². The molecule has 0 aliphatic heterocycles. The van der Waals surface area contributed by atoms with E-state index in [4.69, 9.17) is 0 Å². The van der Waals surface area contributed by atoms with E-state index in [-0.39, 0.29) is 5.91 Å². The lowest BCUT2D eigenvalue weighted by molar-refractivity contribution is -0.113. The monoisotopic (exact) mass is 446 g/mol. The molecule has 0 bridgehead atoms. The molecule has 1 fully saturated rings. The van der Waals surface area contributed by atoms with E-state index in [2.05, 4.69) is 83.0 Å². The van der Waals surface area contributed by atoms with Crippen LogP contribution in [0.25, 0.3) is 0 Å². The molecule has 1 amide bonds. The van der Waals surface area contributed by atoms with Crippen LogP contribution in [-0.4, -0.2) is 26.4 Å². The highest BCUT2D eigenvalue weighted by atomic mass is 32.2. The Morgan fingerprint density at radius 1 is 1.09 bits per heavy atom. The summed E-state index contributed by atoms with van der Waals surface area (Å²) in [6.07, 6.45) is 4.72. The number of carbonyl (C=O) groups is 1. The van der Waals surface area contributed by atoms with E-state index in [1.807, 2.05) is 12.1 Å². The second kappa shape index (κ2) is 10.2. The fourth-order valence-corrected chi connectivity index (χ4v) is 4.99. The minimum absolute atomic E-state index is 0.0195. The van der Waals surface area contributed by atoms with Crippen molar-refractivity contribution in [3.05, 3.63) is 83.7 Å². The molecule has 2 unspecified atom stereocenters. The fourth-order valence-electron chi connectivity index (χ4n) is 4.24. The summed E-state index contributed by atoms with van der Waals surface area (Å²) < 4.78 is 2.11. The van der Waals surface area contributed by atoms with Crippen LogP contribution >= 0.6 is 11.8 Å². The van der Waals surface area contributed by atoms with Gasteiger partial charge < -0.3 is 9.88 Å². The average Bonchev–Trinajstić information content (AvgIpc) is 3.52. The molecule has 1 aromatic heterocycles. The first-order valence-electron chi connectivity index (χ1n) is 11.3. The number of allylic oxidation sites excluding steroid dienone is 1. The van der Waals surface area contributed by atoms with E-state index in [9.17, 15) is 4.79 Å². The van der Waals surface area contributed by atoms with Gasteiger partial charge in [-0.1, -0.05) is 80.2 Å². The highest BCUT2D eigenvalue weighted by Gasteiger charge is 2.43. The van der Waals surface area contributed by atoms with Crippen molar-refractivity contribution >= 4 is 23.4 Å². The number of hydrogen-bond donors (Lipinski definition) is 1. The molecule has 3 aromatic rings. The SMILES string of the molecule is C=CCn1c(SCC(=O)Nc2c(CC)cccc2CC)nnc1C1CC1c1ccccc1. The van der Waals surface area contributed by atoms with E-state index in [1.54, 1.807) is 0 Å². The van der Waals surface area contributed by atoms with Gasteiger partial charge in [0.25, 0.3) is 0 Å². The molecule has 4 rings (SSSR count). The lowest BCUT2D eigenvalue weighted by atomic mass is 10.0. The number of para-hydroxylation sites is 1. The summed E-state index contributed by atoms with van der Waals surface area (Å²) in [6, 6.07) is 16.8. The second-order valence-corrected chi connectivity index (χ2v) is 9.04. The third-order valence-electron chi connectivity index (χ3n) is 6.00. The largest absolute Gasteiger partial charge is 0.325 e. The topological polar surface area (TPSA) is 59.8 Å². The number of rotatable bonds is 10. The summed E-state index contributed by atoms with van der Waals surface area (Å²) in [4.78, 5) is 12.8. The molecule has 0 radical (unpaired) electrons. The van der Waals surface area contributed by atoms with Gasteiger partial charge in [-0.2, -0.15) is 0 Å². The zero-order valence-electron chi connectivity index (χ0n) is 18.8.